The lowest BCUT2D eigenvalue weighted by Gasteiger charge is -2.52. The van der Waals surface area contributed by atoms with Crippen molar-refractivity contribution >= 4 is 40.8 Å². The van der Waals surface area contributed by atoms with Crippen LogP contribution in [0.25, 0.3) is 0 Å². The number of aliphatic hydroxyl groups is 1. The molecule has 12 nitrogen and oxygen atoms in total. The fourth-order valence-electron chi connectivity index (χ4n) is 6.43. The van der Waals surface area contributed by atoms with Gasteiger partial charge in [-0.1, -0.05) is 6.07 Å². The fourth-order valence-corrected chi connectivity index (χ4v) is 6.43. The van der Waals surface area contributed by atoms with E-state index < -0.39 is 82.0 Å². The summed E-state index contributed by atoms with van der Waals surface area (Å²) in [6, 6.07) is 6.20. The topological polar surface area (TPSA) is 193 Å². The number of carbonyl (C=O) groups excluding carboxylic acids is 6. The van der Waals surface area contributed by atoms with Crippen molar-refractivity contribution in [3.8, 4) is 11.5 Å². The molecule has 0 saturated heterocycles. The number of hydrogen-bond acceptors (Lipinski definition) is 10. The third kappa shape index (κ3) is 4.28. The number of aromatic hydroxyl groups is 1. The smallest absolute Gasteiger partial charge is 0.417 e. The standard InChI is InChI=1S/C28H26FN3O9/c1-32(2)20-15-10-12-9-11-3-8-16(31-27(39)41-14-6-4-13(29)5-7-14)21(33)17(11)22(34)18(12)24(36)28(15,40)25(37)19(23(20)35)26(30)38/h3-8,12,15,18-20,33,40H,9-10H2,1-2H3,(H2,30,38)(H,31,39). The van der Waals surface area contributed by atoms with E-state index in [1.165, 1.54) is 43.3 Å². The Morgan fingerprint density at radius 3 is 2.34 bits per heavy atom. The lowest BCUT2D eigenvalue weighted by Crippen LogP contribution is -2.74. The third-order valence-corrected chi connectivity index (χ3v) is 8.19. The molecule has 214 valence electrons. The molecule has 0 bridgehead atoms. The van der Waals surface area contributed by atoms with Gasteiger partial charge >= 0.3 is 6.09 Å². The van der Waals surface area contributed by atoms with Crippen LogP contribution >= 0.6 is 0 Å². The Labute approximate surface area is 232 Å². The van der Waals surface area contributed by atoms with Gasteiger partial charge in [-0.3, -0.25) is 34.2 Å². The Morgan fingerprint density at radius 1 is 1.07 bits per heavy atom. The molecule has 0 aromatic heterocycles. The molecule has 0 radical (unpaired) electrons. The van der Waals surface area contributed by atoms with Gasteiger partial charge in [0.05, 0.1) is 23.2 Å². The number of fused-ring (bicyclic) bond motifs is 3. The minimum atomic E-state index is -2.83. The molecule has 5 N–H and O–H groups in total. The van der Waals surface area contributed by atoms with E-state index in [1.807, 2.05) is 0 Å². The Morgan fingerprint density at radius 2 is 1.73 bits per heavy atom. The molecule has 2 amide bonds. The lowest BCUT2D eigenvalue weighted by atomic mass is 9.52. The van der Waals surface area contributed by atoms with Crippen LogP contribution in [-0.2, 0) is 25.6 Å². The van der Waals surface area contributed by atoms with E-state index >= 15 is 0 Å². The number of ketones is 4. The van der Waals surface area contributed by atoms with Crippen LogP contribution in [0, 0.1) is 29.5 Å². The number of anilines is 1. The summed E-state index contributed by atoms with van der Waals surface area (Å²) < 4.78 is 18.2. The van der Waals surface area contributed by atoms with Crippen molar-refractivity contribution in [3.63, 3.8) is 0 Å². The van der Waals surface area contributed by atoms with E-state index in [-0.39, 0.29) is 29.8 Å². The van der Waals surface area contributed by atoms with Crippen LogP contribution in [0.5, 0.6) is 11.5 Å². The maximum atomic E-state index is 13.8. The predicted molar refractivity (Wildman–Crippen MR) is 137 cm³/mol. The number of phenols is 1. The molecule has 2 aromatic carbocycles. The molecular formula is C28H26FN3O9. The Balaban J connectivity index is 1.48. The van der Waals surface area contributed by atoms with E-state index in [2.05, 4.69) is 5.32 Å². The molecular weight excluding hydrogens is 541 g/mol. The van der Waals surface area contributed by atoms with Crippen molar-refractivity contribution in [1.29, 1.82) is 0 Å². The van der Waals surface area contributed by atoms with Crippen molar-refractivity contribution in [2.75, 3.05) is 19.4 Å². The van der Waals surface area contributed by atoms with Gasteiger partial charge in [-0.05, 0) is 68.8 Å². The molecule has 2 saturated carbocycles. The van der Waals surface area contributed by atoms with E-state index in [0.29, 0.717) is 5.56 Å². The number of nitrogens with zero attached hydrogens (tertiary/aromatic N) is 1. The summed E-state index contributed by atoms with van der Waals surface area (Å²) in [6.07, 6.45) is -1.04. The van der Waals surface area contributed by atoms with Crippen molar-refractivity contribution in [2.45, 2.75) is 24.5 Å². The number of Topliss-reactive ketones (excluding diaryl/α,β-unsaturated/α-hetero) is 4. The number of primary amides is 1. The SMILES string of the molecule is CN(C)C1C(=O)C(C(N)=O)C(=O)C2(O)C(=O)C3C(=O)c4c(ccc(NC(=O)Oc5ccc(F)cc5)c4O)CC3CC12. The van der Waals surface area contributed by atoms with Crippen LogP contribution in [-0.4, -0.2) is 76.0 Å². The number of rotatable bonds is 4. The van der Waals surface area contributed by atoms with Gasteiger partial charge in [0.15, 0.2) is 34.7 Å². The summed E-state index contributed by atoms with van der Waals surface area (Å²) in [7, 11) is 3.00. The Hall–Kier alpha value is -4.49. The van der Waals surface area contributed by atoms with Crippen LogP contribution < -0.4 is 15.8 Å². The lowest BCUT2D eigenvalue weighted by molar-refractivity contribution is -0.181. The summed E-state index contributed by atoms with van der Waals surface area (Å²) in [5.41, 5.74) is 2.33. The van der Waals surface area contributed by atoms with Crippen molar-refractivity contribution in [1.82, 2.24) is 4.90 Å². The van der Waals surface area contributed by atoms with Gasteiger partial charge in [-0.25, -0.2) is 9.18 Å². The number of nitrogens with two attached hydrogens (primary N) is 1. The van der Waals surface area contributed by atoms with E-state index in [0.717, 1.165) is 12.1 Å². The van der Waals surface area contributed by atoms with Crippen LogP contribution in [0.2, 0.25) is 0 Å². The monoisotopic (exact) mass is 567 g/mol. The molecule has 6 unspecified atom stereocenters. The molecule has 0 aliphatic heterocycles. The van der Waals surface area contributed by atoms with Gasteiger partial charge in [-0.2, -0.15) is 0 Å². The number of nitrogens with one attached hydrogen (secondary N) is 1. The van der Waals surface area contributed by atoms with Crippen LogP contribution in [0.1, 0.15) is 22.3 Å². The summed E-state index contributed by atoms with van der Waals surface area (Å²) in [6.45, 7) is 0. The normalized spacial score (nSPS) is 29.0. The molecule has 13 heteroatoms. The van der Waals surface area contributed by atoms with E-state index in [1.54, 1.807) is 0 Å². The number of ether oxygens (including phenoxy) is 1. The quantitative estimate of drug-likeness (QED) is 0.301. The third-order valence-electron chi connectivity index (χ3n) is 8.19. The van der Waals surface area contributed by atoms with Crippen LogP contribution in [0.3, 0.4) is 0 Å². The first-order valence-corrected chi connectivity index (χ1v) is 12.7. The van der Waals surface area contributed by atoms with Crippen molar-refractivity contribution in [2.24, 2.45) is 29.4 Å². The molecule has 5 rings (SSSR count). The highest BCUT2D eigenvalue weighted by atomic mass is 19.1. The van der Waals surface area contributed by atoms with Gasteiger partial charge in [-0.15, -0.1) is 0 Å². The maximum Gasteiger partial charge on any atom is 0.417 e. The molecule has 2 fully saturated rings. The average Bonchev–Trinajstić information content (AvgIpc) is 2.89. The summed E-state index contributed by atoms with van der Waals surface area (Å²) >= 11 is 0. The molecule has 3 aliphatic carbocycles. The minimum Gasteiger partial charge on any atom is -0.505 e. The highest BCUT2D eigenvalue weighted by Gasteiger charge is 2.69. The van der Waals surface area contributed by atoms with E-state index in [4.69, 9.17) is 10.5 Å². The van der Waals surface area contributed by atoms with Gasteiger partial charge in [0.25, 0.3) is 0 Å². The first-order chi connectivity index (χ1) is 19.3. The summed E-state index contributed by atoms with van der Waals surface area (Å²) in [5, 5.41) is 24.8. The van der Waals surface area contributed by atoms with Gasteiger partial charge < -0.3 is 20.7 Å². The zero-order valence-electron chi connectivity index (χ0n) is 21.9. The Bertz CT molecular complexity index is 1520. The summed E-state index contributed by atoms with van der Waals surface area (Å²) in [4.78, 5) is 79.7. The van der Waals surface area contributed by atoms with Crippen LogP contribution in [0.4, 0.5) is 14.9 Å². The molecule has 0 spiro atoms. The van der Waals surface area contributed by atoms with E-state index in [9.17, 15) is 43.4 Å². The number of likely N-dealkylation sites (N-methyl/N-ethyl adjacent to an activating group) is 1. The highest BCUT2D eigenvalue weighted by molar-refractivity contribution is 6.32. The van der Waals surface area contributed by atoms with Crippen molar-refractivity contribution in [3.05, 3.63) is 53.3 Å². The molecule has 6 atom stereocenters. The number of phenolic OH excluding ortho intramolecular Hbond substituents is 1. The number of benzene rings is 2. The maximum absolute atomic E-state index is 13.8. The van der Waals surface area contributed by atoms with Gasteiger partial charge in [0, 0.05) is 5.92 Å². The number of carbonyl (C=O) groups is 6. The molecule has 0 heterocycles. The zero-order valence-corrected chi connectivity index (χ0v) is 21.9. The van der Waals surface area contributed by atoms with Crippen molar-refractivity contribution < 1.29 is 48.1 Å². The first kappa shape index (κ1) is 28.1. The first-order valence-electron chi connectivity index (χ1n) is 12.7. The largest absolute Gasteiger partial charge is 0.505 e. The highest BCUT2D eigenvalue weighted by Crippen LogP contribution is 2.51. The zero-order chi connectivity index (χ0) is 30.0. The number of amides is 2. The Kier molecular flexibility index (Phi) is 6.74. The molecule has 41 heavy (non-hydrogen) atoms. The second-order valence-corrected chi connectivity index (χ2v) is 10.8. The van der Waals surface area contributed by atoms with Gasteiger partial charge in [0.2, 0.25) is 5.91 Å². The minimum absolute atomic E-state index is 0.0109. The van der Waals surface area contributed by atoms with Crippen LogP contribution in [0.15, 0.2) is 36.4 Å². The second-order valence-electron chi connectivity index (χ2n) is 10.8. The fraction of sp³-hybridized carbons (Fsp3) is 0.357. The molecule has 3 aliphatic rings. The molecule has 2 aromatic rings. The average molecular weight is 568 g/mol. The predicted octanol–water partition coefficient (Wildman–Crippen LogP) is 0.617. The summed E-state index contributed by atoms with van der Waals surface area (Å²) in [5.74, 6) is -12.3. The number of hydrogen-bond donors (Lipinski definition) is 4. The van der Waals surface area contributed by atoms with Gasteiger partial charge in [0.1, 0.15) is 17.3 Å². The number of halogens is 1. The second kappa shape index (κ2) is 9.85.